The summed E-state index contributed by atoms with van der Waals surface area (Å²) in [7, 11) is 2.01. The molecule has 0 aliphatic heterocycles. The van der Waals surface area contributed by atoms with E-state index in [1.54, 1.807) is 0 Å². The first-order valence-electron chi connectivity index (χ1n) is 4.96. The van der Waals surface area contributed by atoms with Gasteiger partial charge in [-0.3, -0.25) is 4.68 Å². The fourth-order valence-corrected chi connectivity index (χ4v) is 2.32. The van der Waals surface area contributed by atoms with E-state index in [4.69, 9.17) is 5.73 Å². The fourth-order valence-electron chi connectivity index (χ4n) is 2.32. The molecule has 1 aliphatic rings. The molecule has 0 saturated heterocycles. The van der Waals surface area contributed by atoms with Crippen LogP contribution in [0.2, 0.25) is 0 Å². The smallest absolute Gasteiger partial charge is 0.0524 e. The molecule has 1 aliphatic carbocycles. The summed E-state index contributed by atoms with van der Waals surface area (Å²) in [4.78, 5) is 0. The molecule has 0 fully saturated rings. The molecule has 2 rings (SSSR count). The van der Waals surface area contributed by atoms with Gasteiger partial charge in [-0.1, -0.05) is 0 Å². The minimum atomic E-state index is 0.245. The minimum Gasteiger partial charge on any atom is -0.327 e. The van der Waals surface area contributed by atoms with Crippen LogP contribution in [0.4, 0.5) is 0 Å². The highest BCUT2D eigenvalue weighted by molar-refractivity contribution is 5.25. The number of nitrogens with zero attached hydrogens (tertiary/aromatic N) is 2. The van der Waals surface area contributed by atoms with Crippen molar-refractivity contribution in [2.24, 2.45) is 12.8 Å². The fraction of sp³-hybridized carbons (Fsp3) is 0.700. The van der Waals surface area contributed by atoms with Gasteiger partial charge >= 0.3 is 0 Å². The van der Waals surface area contributed by atoms with E-state index in [2.05, 4.69) is 12.0 Å². The summed E-state index contributed by atoms with van der Waals surface area (Å²) in [5.74, 6) is 0.510. The van der Waals surface area contributed by atoms with Crippen LogP contribution in [-0.2, 0) is 13.5 Å². The molecule has 0 amide bonds. The van der Waals surface area contributed by atoms with Gasteiger partial charge < -0.3 is 5.73 Å². The molecular weight excluding hydrogens is 162 g/mol. The second-order valence-electron chi connectivity index (χ2n) is 4.04. The summed E-state index contributed by atoms with van der Waals surface area (Å²) in [6.07, 6.45) is 5.63. The van der Waals surface area contributed by atoms with Gasteiger partial charge in [0.05, 0.1) is 6.20 Å². The van der Waals surface area contributed by atoms with Crippen LogP contribution in [0, 0.1) is 0 Å². The molecule has 2 unspecified atom stereocenters. The number of hydrogen-bond donors (Lipinski definition) is 1. The van der Waals surface area contributed by atoms with E-state index in [-0.39, 0.29) is 6.04 Å². The predicted molar refractivity (Wildman–Crippen MR) is 52.5 cm³/mol. The van der Waals surface area contributed by atoms with Crippen molar-refractivity contribution in [3.8, 4) is 0 Å². The van der Waals surface area contributed by atoms with E-state index in [9.17, 15) is 0 Å². The molecule has 0 aromatic carbocycles. The predicted octanol–water partition coefficient (Wildman–Crippen LogP) is 1.19. The van der Waals surface area contributed by atoms with Crippen molar-refractivity contribution in [1.82, 2.24) is 9.78 Å². The Morgan fingerprint density at radius 3 is 3.15 bits per heavy atom. The van der Waals surface area contributed by atoms with Crippen LogP contribution < -0.4 is 5.73 Å². The third-order valence-electron chi connectivity index (χ3n) is 3.01. The first-order valence-corrected chi connectivity index (χ1v) is 4.96. The summed E-state index contributed by atoms with van der Waals surface area (Å²) < 4.78 is 1.99. The van der Waals surface area contributed by atoms with Crippen molar-refractivity contribution >= 4 is 0 Å². The Morgan fingerprint density at radius 1 is 1.69 bits per heavy atom. The SMILES string of the molecule is CC(N)C1CCCc2cnn(C)c21. The maximum atomic E-state index is 5.97. The van der Waals surface area contributed by atoms with Crippen molar-refractivity contribution in [2.45, 2.75) is 38.1 Å². The topological polar surface area (TPSA) is 43.8 Å². The van der Waals surface area contributed by atoms with Gasteiger partial charge in [0.1, 0.15) is 0 Å². The third kappa shape index (κ3) is 1.37. The number of aryl methyl sites for hydroxylation is 2. The lowest BCUT2D eigenvalue weighted by Crippen LogP contribution is -2.29. The quantitative estimate of drug-likeness (QED) is 0.703. The van der Waals surface area contributed by atoms with Crippen LogP contribution in [0.15, 0.2) is 6.20 Å². The summed E-state index contributed by atoms with van der Waals surface area (Å²) >= 11 is 0. The van der Waals surface area contributed by atoms with Crippen LogP contribution in [0.25, 0.3) is 0 Å². The van der Waals surface area contributed by atoms with Crippen molar-refractivity contribution in [1.29, 1.82) is 0 Å². The molecule has 0 radical (unpaired) electrons. The molecule has 1 aromatic rings. The van der Waals surface area contributed by atoms with Crippen molar-refractivity contribution in [2.75, 3.05) is 0 Å². The van der Waals surface area contributed by atoms with Crippen LogP contribution in [0.5, 0.6) is 0 Å². The Balaban J connectivity index is 2.40. The number of fused-ring (bicyclic) bond motifs is 1. The highest BCUT2D eigenvalue weighted by Crippen LogP contribution is 2.32. The molecule has 13 heavy (non-hydrogen) atoms. The second kappa shape index (κ2) is 3.14. The van der Waals surface area contributed by atoms with Crippen LogP contribution in [0.3, 0.4) is 0 Å². The molecule has 1 heterocycles. The molecule has 1 aromatic heterocycles. The van der Waals surface area contributed by atoms with E-state index in [1.807, 2.05) is 17.9 Å². The zero-order valence-electron chi connectivity index (χ0n) is 8.33. The molecule has 2 N–H and O–H groups in total. The molecule has 3 nitrogen and oxygen atoms in total. The Hall–Kier alpha value is -0.830. The molecule has 0 bridgehead atoms. The lowest BCUT2D eigenvalue weighted by Gasteiger charge is -2.26. The van der Waals surface area contributed by atoms with Gasteiger partial charge in [-0.25, -0.2) is 0 Å². The first-order chi connectivity index (χ1) is 6.20. The molecule has 72 valence electrons. The number of aromatic nitrogens is 2. The van der Waals surface area contributed by atoms with E-state index >= 15 is 0 Å². The average molecular weight is 179 g/mol. The standard InChI is InChI=1S/C10H17N3/c1-7(11)9-5-3-4-8-6-12-13(2)10(8)9/h6-7,9H,3-5,11H2,1-2H3. The van der Waals surface area contributed by atoms with Crippen LogP contribution in [0.1, 0.15) is 36.9 Å². The van der Waals surface area contributed by atoms with Gasteiger partial charge in [0, 0.05) is 24.7 Å². The number of rotatable bonds is 1. The Kier molecular flexibility index (Phi) is 2.12. The van der Waals surface area contributed by atoms with Crippen molar-refractivity contribution in [3.05, 3.63) is 17.5 Å². The van der Waals surface area contributed by atoms with Gasteiger partial charge in [-0.15, -0.1) is 0 Å². The second-order valence-corrected chi connectivity index (χ2v) is 4.04. The Morgan fingerprint density at radius 2 is 2.46 bits per heavy atom. The Labute approximate surface area is 78.9 Å². The Bertz CT molecular complexity index is 301. The highest BCUT2D eigenvalue weighted by atomic mass is 15.3. The molecule has 2 atom stereocenters. The molecule has 3 heteroatoms. The summed E-state index contributed by atoms with van der Waals surface area (Å²) in [6.45, 7) is 2.09. The summed E-state index contributed by atoms with van der Waals surface area (Å²) in [5.41, 5.74) is 8.73. The molecular formula is C10H17N3. The first kappa shape index (κ1) is 8.75. The van der Waals surface area contributed by atoms with E-state index < -0.39 is 0 Å². The highest BCUT2D eigenvalue weighted by Gasteiger charge is 2.26. The zero-order valence-corrected chi connectivity index (χ0v) is 8.33. The minimum absolute atomic E-state index is 0.245. The van der Waals surface area contributed by atoms with E-state index in [0.29, 0.717) is 5.92 Å². The summed E-state index contributed by atoms with van der Waals surface area (Å²) in [5, 5.41) is 4.29. The molecule has 0 spiro atoms. The van der Waals surface area contributed by atoms with Crippen molar-refractivity contribution in [3.63, 3.8) is 0 Å². The lowest BCUT2D eigenvalue weighted by atomic mass is 9.84. The summed E-state index contributed by atoms with van der Waals surface area (Å²) in [6, 6.07) is 0.245. The monoisotopic (exact) mass is 179 g/mol. The maximum Gasteiger partial charge on any atom is 0.0524 e. The largest absolute Gasteiger partial charge is 0.327 e. The van der Waals surface area contributed by atoms with E-state index in [0.717, 1.165) is 0 Å². The maximum absolute atomic E-state index is 5.97. The zero-order chi connectivity index (χ0) is 9.42. The average Bonchev–Trinajstić information content (AvgIpc) is 2.48. The van der Waals surface area contributed by atoms with E-state index in [1.165, 1.54) is 30.5 Å². The number of hydrogen-bond acceptors (Lipinski definition) is 2. The van der Waals surface area contributed by atoms with Gasteiger partial charge in [0.15, 0.2) is 0 Å². The van der Waals surface area contributed by atoms with Gasteiger partial charge in [0.2, 0.25) is 0 Å². The van der Waals surface area contributed by atoms with Crippen LogP contribution >= 0.6 is 0 Å². The van der Waals surface area contributed by atoms with Crippen molar-refractivity contribution < 1.29 is 0 Å². The molecule has 0 saturated carbocycles. The third-order valence-corrected chi connectivity index (χ3v) is 3.01. The number of nitrogens with two attached hydrogens (primary N) is 1. The van der Waals surface area contributed by atoms with Gasteiger partial charge in [0.25, 0.3) is 0 Å². The van der Waals surface area contributed by atoms with Crippen LogP contribution in [-0.4, -0.2) is 15.8 Å². The van der Waals surface area contributed by atoms with Gasteiger partial charge in [-0.05, 0) is 31.7 Å². The lowest BCUT2D eigenvalue weighted by molar-refractivity contribution is 0.456. The van der Waals surface area contributed by atoms with Gasteiger partial charge in [-0.2, -0.15) is 5.10 Å². The normalized spacial score (nSPS) is 24.1.